The van der Waals surface area contributed by atoms with Crippen LogP contribution in [0.25, 0.3) is 0 Å². The fourth-order valence-corrected chi connectivity index (χ4v) is 7.49. The van der Waals surface area contributed by atoms with Gasteiger partial charge in [0.2, 0.25) is 0 Å². The van der Waals surface area contributed by atoms with Crippen LogP contribution in [0.5, 0.6) is 0 Å². The molecule has 0 amide bonds. The van der Waals surface area contributed by atoms with Gasteiger partial charge in [0.1, 0.15) is 5.78 Å². The molecule has 0 saturated heterocycles. The Bertz CT molecular complexity index is 593. The summed E-state index contributed by atoms with van der Waals surface area (Å²) in [6, 6.07) is 0. The van der Waals surface area contributed by atoms with Gasteiger partial charge in [-0.2, -0.15) is 0 Å². The average Bonchev–Trinajstić information content (AvgIpc) is 2.81. The smallest absolute Gasteiger partial charge is 0.136 e. The fourth-order valence-electron chi connectivity index (χ4n) is 7.49. The Morgan fingerprint density at radius 1 is 1.08 bits per heavy atom. The number of ketones is 1. The maximum Gasteiger partial charge on any atom is 0.136 e. The summed E-state index contributed by atoms with van der Waals surface area (Å²) in [4.78, 5) is 12.5. The number of hydrogen-bond donors (Lipinski definition) is 1. The van der Waals surface area contributed by atoms with Gasteiger partial charge in [0.05, 0.1) is 6.10 Å². The van der Waals surface area contributed by atoms with E-state index in [4.69, 9.17) is 0 Å². The van der Waals surface area contributed by atoms with Crippen molar-refractivity contribution in [2.24, 2.45) is 34.0 Å². The van der Waals surface area contributed by atoms with E-state index in [1.807, 2.05) is 6.92 Å². The molecule has 24 heavy (non-hydrogen) atoms. The Morgan fingerprint density at radius 2 is 1.79 bits per heavy atom. The maximum atomic E-state index is 12.5. The van der Waals surface area contributed by atoms with Crippen LogP contribution in [0, 0.1) is 34.0 Å². The lowest BCUT2D eigenvalue weighted by Crippen LogP contribution is -2.53. The molecule has 4 aliphatic rings. The van der Waals surface area contributed by atoms with Gasteiger partial charge in [0.15, 0.2) is 0 Å². The summed E-state index contributed by atoms with van der Waals surface area (Å²) in [7, 11) is 0. The Kier molecular flexibility index (Phi) is 3.64. The molecule has 0 aromatic heterocycles. The van der Waals surface area contributed by atoms with Gasteiger partial charge in [-0.3, -0.25) is 4.79 Å². The Labute approximate surface area is 147 Å². The van der Waals surface area contributed by atoms with Crippen molar-refractivity contribution in [3.8, 4) is 0 Å². The second-order valence-electron chi connectivity index (χ2n) is 10.0. The summed E-state index contributed by atoms with van der Waals surface area (Å²) in [5, 5.41) is 10.1. The van der Waals surface area contributed by atoms with Gasteiger partial charge in [-0.15, -0.1) is 0 Å². The van der Waals surface area contributed by atoms with Crippen molar-refractivity contribution in [2.75, 3.05) is 0 Å². The molecule has 0 spiro atoms. The first-order chi connectivity index (χ1) is 11.2. The highest BCUT2D eigenvalue weighted by molar-refractivity contribution is 5.83. The van der Waals surface area contributed by atoms with Crippen molar-refractivity contribution < 1.29 is 9.90 Å². The maximum absolute atomic E-state index is 12.5. The van der Waals surface area contributed by atoms with Crippen LogP contribution < -0.4 is 0 Å². The third-order valence-electron chi connectivity index (χ3n) is 9.46. The van der Waals surface area contributed by atoms with Crippen molar-refractivity contribution in [1.29, 1.82) is 0 Å². The van der Waals surface area contributed by atoms with Gasteiger partial charge in [0.25, 0.3) is 0 Å². The number of fused-ring (bicyclic) bond motifs is 5. The molecular weight excluding hydrogens is 296 g/mol. The standard InChI is InChI=1S/C22H34O2/c1-14(23)21(3)11-9-19-17-6-5-15-13-16(24)7-10-20(15,2)18(17)8-12-22(19,21)4/h5,16-19,24H,6-13H2,1-4H3/t16-,17?,18?,19?,20-,21+,22?/m0/s1. The third-order valence-corrected chi connectivity index (χ3v) is 9.46. The van der Waals surface area contributed by atoms with E-state index in [0.29, 0.717) is 17.1 Å². The predicted molar refractivity (Wildman–Crippen MR) is 96.5 cm³/mol. The molecule has 3 saturated carbocycles. The van der Waals surface area contributed by atoms with E-state index in [2.05, 4.69) is 26.8 Å². The van der Waals surface area contributed by atoms with Crippen molar-refractivity contribution in [1.82, 2.24) is 0 Å². The van der Waals surface area contributed by atoms with E-state index in [-0.39, 0.29) is 16.9 Å². The molecule has 0 heterocycles. The van der Waals surface area contributed by atoms with Gasteiger partial charge in [0, 0.05) is 5.41 Å². The Balaban J connectivity index is 1.69. The summed E-state index contributed by atoms with van der Waals surface area (Å²) in [5.41, 5.74) is 1.92. The summed E-state index contributed by atoms with van der Waals surface area (Å²) >= 11 is 0. The largest absolute Gasteiger partial charge is 0.393 e. The predicted octanol–water partition coefficient (Wildman–Crippen LogP) is 4.91. The summed E-state index contributed by atoms with van der Waals surface area (Å²) in [6.45, 7) is 8.97. The molecule has 1 N–H and O–H groups in total. The van der Waals surface area contributed by atoms with Crippen LogP contribution in [0.3, 0.4) is 0 Å². The van der Waals surface area contributed by atoms with Crippen LogP contribution in [0.1, 0.15) is 79.1 Å². The number of rotatable bonds is 1. The molecule has 4 rings (SSSR count). The fraction of sp³-hybridized carbons (Fsp3) is 0.864. The van der Waals surface area contributed by atoms with Gasteiger partial charge in [-0.05, 0) is 86.9 Å². The molecule has 0 radical (unpaired) electrons. The van der Waals surface area contributed by atoms with Crippen LogP contribution in [-0.4, -0.2) is 17.0 Å². The molecule has 4 aliphatic carbocycles. The first-order valence-electron chi connectivity index (χ1n) is 10.1. The zero-order valence-electron chi connectivity index (χ0n) is 15.9. The van der Waals surface area contributed by atoms with Gasteiger partial charge in [-0.1, -0.05) is 32.4 Å². The number of carbonyl (C=O) groups is 1. The topological polar surface area (TPSA) is 37.3 Å². The molecule has 0 bridgehead atoms. The van der Waals surface area contributed by atoms with Crippen LogP contribution >= 0.6 is 0 Å². The Morgan fingerprint density at radius 3 is 2.50 bits per heavy atom. The molecule has 0 aliphatic heterocycles. The molecule has 134 valence electrons. The molecular formula is C22H34O2. The quantitative estimate of drug-likeness (QED) is 0.694. The van der Waals surface area contributed by atoms with Gasteiger partial charge >= 0.3 is 0 Å². The van der Waals surface area contributed by atoms with Gasteiger partial charge in [-0.25, -0.2) is 0 Å². The molecule has 0 aromatic carbocycles. The minimum atomic E-state index is -0.123. The number of allylic oxidation sites excluding steroid dienone is 1. The summed E-state index contributed by atoms with van der Waals surface area (Å²) in [5.74, 6) is 2.61. The van der Waals surface area contributed by atoms with Crippen molar-refractivity contribution >= 4 is 5.78 Å². The lowest BCUT2D eigenvalue weighted by molar-refractivity contribution is -0.138. The molecule has 2 heteroatoms. The van der Waals surface area contributed by atoms with Crippen molar-refractivity contribution in [2.45, 2.75) is 85.2 Å². The highest BCUT2D eigenvalue weighted by Crippen LogP contribution is 2.69. The van der Waals surface area contributed by atoms with Crippen molar-refractivity contribution in [3.05, 3.63) is 11.6 Å². The second-order valence-corrected chi connectivity index (χ2v) is 10.0. The summed E-state index contributed by atoms with van der Waals surface area (Å²) in [6.07, 6.45) is 11.3. The van der Waals surface area contributed by atoms with E-state index >= 15 is 0 Å². The SMILES string of the molecule is CC(=O)[C@@]1(C)CCC2C3CC=C4C[C@@H](O)CC[C@]4(C)C3CCC21C. The summed E-state index contributed by atoms with van der Waals surface area (Å²) < 4.78 is 0. The normalized spacial score (nSPS) is 53.6. The van der Waals surface area contributed by atoms with Crippen molar-refractivity contribution in [3.63, 3.8) is 0 Å². The van der Waals surface area contributed by atoms with Crippen LogP contribution in [0.15, 0.2) is 11.6 Å². The number of aliphatic hydroxyl groups is 1. The van der Waals surface area contributed by atoms with Crippen LogP contribution in [0.2, 0.25) is 0 Å². The lowest BCUT2D eigenvalue weighted by Gasteiger charge is -2.59. The molecule has 2 nitrogen and oxygen atoms in total. The zero-order chi connectivity index (χ0) is 17.3. The number of Topliss-reactive ketones (excluding diaryl/α,β-unsaturated/α-hetero) is 1. The monoisotopic (exact) mass is 330 g/mol. The number of carbonyl (C=O) groups excluding carboxylic acids is 1. The van der Waals surface area contributed by atoms with Crippen LogP contribution in [0.4, 0.5) is 0 Å². The van der Waals surface area contributed by atoms with E-state index in [1.165, 1.54) is 25.7 Å². The van der Waals surface area contributed by atoms with Crippen LogP contribution in [-0.2, 0) is 4.79 Å². The highest BCUT2D eigenvalue weighted by Gasteiger charge is 2.63. The van der Waals surface area contributed by atoms with Gasteiger partial charge < -0.3 is 5.11 Å². The van der Waals surface area contributed by atoms with E-state index in [0.717, 1.165) is 37.5 Å². The molecule has 7 atom stereocenters. The first-order valence-corrected chi connectivity index (χ1v) is 10.1. The van der Waals surface area contributed by atoms with E-state index in [1.54, 1.807) is 5.57 Å². The number of aliphatic hydroxyl groups excluding tert-OH is 1. The second kappa shape index (κ2) is 5.19. The van der Waals surface area contributed by atoms with E-state index < -0.39 is 0 Å². The lowest BCUT2D eigenvalue weighted by atomic mass is 9.45. The zero-order valence-corrected chi connectivity index (χ0v) is 15.9. The first kappa shape index (κ1) is 16.8. The minimum absolute atomic E-state index is 0.115. The van der Waals surface area contributed by atoms with E-state index in [9.17, 15) is 9.90 Å². The highest BCUT2D eigenvalue weighted by atomic mass is 16.3. The molecule has 4 unspecified atom stereocenters. The Hall–Kier alpha value is -0.630. The third kappa shape index (κ3) is 1.95. The molecule has 3 fully saturated rings. The molecule has 0 aromatic rings. The average molecular weight is 331 g/mol. The minimum Gasteiger partial charge on any atom is -0.393 e. The number of hydrogen-bond acceptors (Lipinski definition) is 2.